The number of cyclic esters (lactones) is 2. The first-order chi connectivity index (χ1) is 13.6. The monoisotopic (exact) mass is 384 g/mol. The summed E-state index contributed by atoms with van der Waals surface area (Å²) < 4.78 is 20.9. The first-order valence-electron chi connectivity index (χ1n) is 8.82. The maximum atomic E-state index is 12.4. The van der Waals surface area contributed by atoms with E-state index in [9.17, 15) is 9.59 Å². The van der Waals surface area contributed by atoms with Crippen molar-refractivity contribution < 1.29 is 28.5 Å². The predicted molar refractivity (Wildman–Crippen MR) is 101 cm³/mol. The number of carbonyl (C=O) groups excluding carboxylic acids is 2. The molecule has 8 heteroatoms. The van der Waals surface area contributed by atoms with Crippen molar-refractivity contribution in [2.24, 2.45) is 0 Å². The summed E-state index contributed by atoms with van der Waals surface area (Å²) in [5.41, 5.74) is 1.34. The first-order valence-corrected chi connectivity index (χ1v) is 8.82. The highest BCUT2D eigenvalue weighted by molar-refractivity contribution is 5.94. The van der Waals surface area contributed by atoms with Crippen LogP contribution in [0.4, 0.5) is 21.0 Å². The Labute approximate surface area is 162 Å². The van der Waals surface area contributed by atoms with Gasteiger partial charge < -0.3 is 18.9 Å². The Morgan fingerprint density at radius 2 is 1.07 bits per heavy atom. The molecule has 0 spiro atoms. The van der Waals surface area contributed by atoms with Gasteiger partial charge in [-0.15, -0.1) is 0 Å². The zero-order valence-electron chi connectivity index (χ0n) is 15.5. The zero-order chi connectivity index (χ0) is 19.7. The van der Waals surface area contributed by atoms with Crippen LogP contribution in [0.15, 0.2) is 48.5 Å². The number of anilines is 2. The van der Waals surface area contributed by atoms with Crippen LogP contribution < -0.4 is 19.3 Å². The van der Waals surface area contributed by atoms with E-state index in [4.69, 9.17) is 18.9 Å². The van der Waals surface area contributed by atoms with E-state index >= 15 is 0 Å². The molecule has 2 aliphatic rings. The molecule has 146 valence electrons. The standard InChI is InChI=1S/C20H20N2O6/c1-25-15-7-3-13(4-8-15)21-17(11-27-19(21)23)18-12-28-20(24)22(18)14-5-9-16(26-2)10-6-14/h3-10,17-18H,11-12H2,1-2H3/t17-,18-/m1/s1. The fraction of sp³-hybridized carbons (Fsp3) is 0.300. The van der Waals surface area contributed by atoms with E-state index in [1.165, 1.54) is 0 Å². The molecule has 2 aromatic carbocycles. The van der Waals surface area contributed by atoms with Gasteiger partial charge >= 0.3 is 12.2 Å². The highest BCUT2D eigenvalue weighted by Gasteiger charge is 2.47. The summed E-state index contributed by atoms with van der Waals surface area (Å²) in [6.07, 6.45) is -0.909. The normalized spacial score (nSPS) is 21.5. The molecule has 0 N–H and O–H groups in total. The van der Waals surface area contributed by atoms with E-state index in [1.807, 2.05) is 0 Å². The third-order valence-corrected chi connectivity index (χ3v) is 4.96. The third-order valence-electron chi connectivity index (χ3n) is 4.96. The van der Waals surface area contributed by atoms with Gasteiger partial charge in [-0.1, -0.05) is 0 Å². The highest BCUT2D eigenvalue weighted by Crippen LogP contribution is 2.33. The minimum atomic E-state index is -0.454. The lowest BCUT2D eigenvalue weighted by Gasteiger charge is -2.30. The molecule has 2 aromatic rings. The van der Waals surface area contributed by atoms with E-state index in [0.717, 1.165) is 0 Å². The molecule has 0 radical (unpaired) electrons. The van der Waals surface area contributed by atoms with Crippen LogP contribution in [0, 0.1) is 0 Å². The van der Waals surface area contributed by atoms with Gasteiger partial charge in [0.25, 0.3) is 0 Å². The summed E-state index contributed by atoms with van der Waals surface area (Å²) >= 11 is 0. The van der Waals surface area contributed by atoms with Gasteiger partial charge in [-0.05, 0) is 48.5 Å². The molecule has 0 aliphatic carbocycles. The Hall–Kier alpha value is -3.42. The minimum absolute atomic E-state index is 0.165. The summed E-state index contributed by atoms with van der Waals surface area (Å²) in [4.78, 5) is 27.9. The van der Waals surface area contributed by atoms with Gasteiger partial charge in [0.05, 0.1) is 26.3 Å². The fourth-order valence-electron chi connectivity index (χ4n) is 3.52. The second-order valence-electron chi connectivity index (χ2n) is 6.42. The van der Waals surface area contributed by atoms with E-state index in [2.05, 4.69) is 0 Å². The van der Waals surface area contributed by atoms with Gasteiger partial charge in [0, 0.05) is 11.4 Å². The van der Waals surface area contributed by atoms with Crippen molar-refractivity contribution in [1.29, 1.82) is 0 Å². The van der Waals surface area contributed by atoms with Crippen molar-refractivity contribution in [2.75, 3.05) is 37.2 Å². The maximum absolute atomic E-state index is 12.4. The second kappa shape index (κ2) is 7.30. The van der Waals surface area contributed by atoms with Crippen molar-refractivity contribution >= 4 is 23.6 Å². The maximum Gasteiger partial charge on any atom is 0.414 e. The Morgan fingerprint density at radius 3 is 1.39 bits per heavy atom. The van der Waals surface area contributed by atoms with Crippen LogP contribution in [-0.4, -0.2) is 51.7 Å². The number of amides is 2. The molecule has 0 saturated carbocycles. The number of nitrogens with zero attached hydrogens (tertiary/aromatic N) is 2. The fourth-order valence-corrected chi connectivity index (χ4v) is 3.52. The molecule has 8 nitrogen and oxygen atoms in total. The van der Waals surface area contributed by atoms with Crippen LogP contribution in [0.2, 0.25) is 0 Å². The van der Waals surface area contributed by atoms with Gasteiger partial charge in [-0.25, -0.2) is 9.59 Å². The lowest BCUT2D eigenvalue weighted by atomic mass is 10.1. The van der Waals surface area contributed by atoms with Crippen LogP contribution in [0.3, 0.4) is 0 Å². The number of methoxy groups -OCH3 is 2. The largest absolute Gasteiger partial charge is 0.497 e. The quantitative estimate of drug-likeness (QED) is 0.789. The summed E-state index contributed by atoms with van der Waals surface area (Å²) in [7, 11) is 3.16. The van der Waals surface area contributed by atoms with Gasteiger partial charge in [-0.2, -0.15) is 0 Å². The Bertz CT molecular complexity index is 794. The number of carbonyl (C=O) groups is 2. The van der Waals surface area contributed by atoms with E-state index in [-0.39, 0.29) is 25.3 Å². The molecule has 2 saturated heterocycles. The molecule has 2 amide bonds. The summed E-state index contributed by atoms with van der Waals surface area (Å²) in [5, 5.41) is 0. The number of hydrogen-bond donors (Lipinski definition) is 0. The smallest absolute Gasteiger partial charge is 0.414 e. The van der Waals surface area contributed by atoms with Crippen molar-refractivity contribution in [3.8, 4) is 11.5 Å². The van der Waals surface area contributed by atoms with E-state index in [0.29, 0.717) is 22.9 Å². The molecule has 4 rings (SSSR count). The first kappa shape index (κ1) is 18.0. The molecule has 2 aliphatic heterocycles. The van der Waals surface area contributed by atoms with Crippen molar-refractivity contribution in [1.82, 2.24) is 0 Å². The third kappa shape index (κ3) is 3.06. The molecule has 2 atom stereocenters. The molecule has 0 unspecified atom stereocenters. The van der Waals surface area contributed by atoms with Crippen LogP contribution in [0.5, 0.6) is 11.5 Å². The average Bonchev–Trinajstić information content (AvgIpc) is 3.30. The predicted octanol–water partition coefficient (Wildman–Crippen LogP) is 3.05. The number of rotatable bonds is 5. The van der Waals surface area contributed by atoms with E-state index in [1.54, 1.807) is 72.6 Å². The Kier molecular flexibility index (Phi) is 4.68. The molecular formula is C20H20N2O6. The highest BCUT2D eigenvalue weighted by atomic mass is 16.6. The molecular weight excluding hydrogens is 364 g/mol. The zero-order valence-corrected chi connectivity index (χ0v) is 15.5. The van der Waals surface area contributed by atoms with Gasteiger partial charge in [-0.3, -0.25) is 9.80 Å². The summed E-state index contributed by atoms with van der Waals surface area (Å²) in [6.45, 7) is 0.331. The minimum Gasteiger partial charge on any atom is -0.497 e. The average molecular weight is 384 g/mol. The summed E-state index contributed by atoms with van der Waals surface area (Å²) in [5.74, 6) is 1.37. The number of benzene rings is 2. The van der Waals surface area contributed by atoms with Crippen LogP contribution in [-0.2, 0) is 9.47 Å². The lowest BCUT2D eigenvalue weighted by Crippen LogP contribution is -2.50. The Balaban J connectivity index is 1.64. The van der Waals surface area contributed by atoms with Gasteiger partial charge in [0.15, 0.2) is 0 Å². The Morgan fingerprint density at radius 1 is 0.714 bits per heavy atom. The van der Waals surface area contributed by atoms with Crippen molar-refractivity contribution in [2.45, 2.75) is 12.1 Å². The summed E-state index contributed by atoms with van der Waals surface area (Å²) in [6, 6.07) is 13.5. The number of hydrogen-bond acceptors (Lipinski definition) is 6. The lowest BCUT2D eigenvalue weighted by molar-refractivity contribution is 0.172. The molecule has 0 bridgehead atoms. The van der Waals surface area contributed by atoms with Crippen LogP contribution >= 0.6 is 0 Å². The van der Waals surface area contributed by atoms with Gasteiger partial charge in [0.2, 0.25) is 0 Å². The van der Waals surface area contributed by atoms with Crippen molar-refractivity contribution in [3.05, 3.63) is 48.5 Å². The van der Waals surface area contributed by atoms with Crippen molar-refractivity contribution in [3.63, 3.8) is 0 Å². The second-order valence-corrected chi connectivity index (χ2v) is 6.42. The van der Waals surface area contributed by atoms with E-state index < -0.39 is 12.2 Å². The SMILES string of the molecule is COc1ccc(N2C(=O)OC[C@@H]2[C@H]2COC(=O)N2c2ccc(OC)cc2)cc1. The van der Waals surface area contributed by atoms with Gasteiger partial charge in [0.1, 0.15) is 24.7 Å². The van der Waals surface area contributed by atoms with Crippen LogP contribution in [0.25, 0.3) is 0 Å². The topological polar surface area (TPSA) is 77.5 Å². The molecule has 2 fully saturated rings. The number of ether oxygens (including phenoxy) is 4. The molecule has 0 aromatic heterocycles. The molecule has 2 heterocycles. The van der Waals surface area contributed by atoms with Crippen LogP contribution in [0.1, 0.15) is 0 Å². The molecule has 28 heavy (non-hydrogen) atoms.